The molecule has 2 unspecified atom stereocenters. The summed E-state index contributed by atoms with van der Waals surface area (Å²) in [6.45, 7) is 6.33. The van der Waals surface area contributed by atoms with Crippen molar-refractivity contribution in [2.75, 3.05) is 6.54 Å². The van der Waals surface area contributed by atoms with Gasteiger partial charge in [-0.2, -0.15) is 0 Å². The molecule has 1 aliphatic rings. The van der Waals surface area contributed by atoms with Gasteiger partial charge in [0.05, 0.1) is 12.1 Å². The first-order valence-electron chi connectivity index (χ1n) is 5.67. The summed E-state index contributed by atoms with van der Waals surface area (Å²) in [4.78, 5) is 11.7. The van der Waals surface area contributed by atoms with Crippen molar-refractivity contribution in [3.05, 3.63) is 0 Å². The molecular weight excluding hydrogens is 192 g/mol. The van der Waals surface area contributed by atoms with Gasteiger partial charge in [0.2, 0.25) is 5.91 Å². The average Bonchev–Trinajstić information content (AvgIpc) is 2.31. The van der Waals surface area contributed by atoms with E-state index in [1.807, 2.05) is 13.8 Å². The standard InChI is InChI=1S/C11H22N2O2/c1-8(14)11(2,3)13-9-6-4-5-7-12-10(9)15/h8-9,13-14H,4-7H2,1-3H3,(H,12,15). The van der Waals surface area contributed by atoms with Gasteiger partial charge in [0, 0.05) is 12.1 Å². The number of amides is 1. The van der Waals surface area contributed by atoms with E-state index in [2.05, 4.69) is 10.6 Å². The van der Waals surface area contributed by atoms with E-state index in [0.717, 1.165) is 25.8 Å². The molecule has 15 heavy (non-hydrogen) atoms. The van der Waals surface area contributed by atoms with Gasteiger partial charge in [-0.05, 0) is 40.0 Å². The summed E-state index contributed by atoms with van der Waals surface area (Å²) in [5.41, 5.74) is -0.424. The molecule has 88 valence electrons. The molecule has 3 N–H and O–H groups in total. The van der Waals surface area contributed by atoms with E-state index in [1.165, 1.54) is 0 Å². The van der Waals surface area contributed by atoms with Crippen molar-refractivity contribution < 1.29 is 9.90 Å². The third kappa shape index (κ3) is 3.47. The van der Waals surface area contributed by atoms with E-state index in [4.69, 9.17) is 0 Å². The summed E-state index contributed by atoms with van der Waals surface area (Å²) in [5.74, 6) is 0.0567. The number of rotatable bonds is 3. The lowest BCUT2D eigenvalue weighted by Crippen LogP contribution is -2.56. The average molecular weight is 214 g/mol. The molecule has 0 saturated carbocycles. The zero-order chi connectivity index (χ0) is 11.5. The highest BCUT2D eigenvalue weighted by Gasteiger charge is 2.30. The van der Waals surface area contributed by atoms with Gasteiger partial charge in [-0.3, -0.25) is 10.1 Å². The Morgan fingerprint density at radius 3 is 2.80 bits per heavy atom. The molecule has 0 bridgehead atoms. The van der Waals surface area contributed by atoms with Gasteiger partial charge >= 0.3 is 0 Å². The smallest absolute Gasteiger partial charge is 0.237 e. The van der Waals surface area contributed by atoms with Crippen molar-refractivity contribution in [3.8, 4) is 0 Å². The third-order valence-corrected chi connectivity index (χ3v) is 3.13. The molecule has 0 spiro atoms. The zero-order valence-electron chi connectivity index (χ0n) is 9.84. The molecule has 1 rings (SSSR count). The Morgan fingerprint density at radius 1 is 1.53 bits per heavy atom. The van der Waals surface area contributed by atoms with Gasteiger partial charge in [-0.1, -0.05) is 0 Å². The van der Waals surface area contributed by atoms with Crippen molar-refractivity contribution in [1.82, 2.24) is 10.6 Å². The summed E-state index contributed by atoms with van der Waals surface area (Å²) >= 11 is 0. The minimum Gasteiger partial charge on any atom is -0.392 e. The van der Waals surface area contributed by atoms with Crippen LogP contribution in [0.4, 0.5) is 0 Å². The molecule has 1 heterocycles. The van der Waals surface area contributed by atoms with Crippen LogP contribution in [-0.2, 0) is 4.79 Å². The van der Waals surface area contributed by atoms with Gasteiger partial charge in [-0.25, -0.2) is 0 Å². The minimum atomic E-state index is -0.478. The molecule has 0 aliphatic carbocycles. The summed E-state index contributed by atoms with van der Waals surface area (Å²) in [7, 11) is 0. The molecule has 2 atom stereocenters. The maximum Gasteiger partial charge on any atom is 0.237 e. The van der Waals surface area contributed by atoms with Gasteiger partial charge in [0.15, 0.2) is 0 Å². The SMILES string of the molecule is CC(O)C(C)(C)NC1CCCCNC1=O. The topological polar surface area (TPSA) is 61.4 Å². The van der Waals surface area contributed by atoms with Crippen LogP contribution in [0.3, 0.4) is 0 Å². The van der Waals surface area contributed by atoms with Crippen LogP contribution in [0.2, 0.25) is 0 Å². The second kappa shape index (κ2) is 4.94. The fourth-order valence-electron chi connectivity index (χ4n) is 1.65. The van der Waals surface area contributed by atoms with Crippen LogP contribution in [0.1, 0.15) is 40.0 Å². The van der Waals surface area contributed by atoms with Crippen molar-refractivity contribution in [2.45, 2.75) is 57.7 Å². The number of aliphatic hydroxyl groups is 1. The van der Waals surface area contributed by atoms with E-state index in [0.29, 0.717) is 0 Å². The fraction of sp³-hybridized carbons (Fsp3) is 0.909. The summed E-state index contributed by atoms with van der Waals surface area (Å²) < 4.78 is 0. The van der Waals surface area contributed by atoms with Crippen molar-refractivity contribution >= 4 is 5.91 Å². The molecule has 0 aromatic heterocycles. The fourth-order valence-corrected chi connectivity index (χ4v) is 1.65. The van der Waals surface area contributed by atoms with Gasteiger partial charge in [-0.15, -0.1) is 0 Å². The molecule has 4 nitrogen and oxygen atoms in total. The van der Waals surface area contributed by atoms with Crippen LogP contribution in [0.15, 0.2) is 0 Å². The molecule has 0 aromatic carbocycles. The largest absolute Gasteiger partial charge is 0.392 e. The Morgan fingerprint density at radius 2 is 2.20 bits per heavy atom. The van der Waals surface area contributed by atoms with E-state index in [-0.39, 0.29) is 11.9 Å². The number of carbonyl (C=O) groups is 1. The monoisotopic (exact) mass is 214 g/mol. The number of hydrogen-bond acceptors (Lipinski definition) is 3. The summed E-state index contributed by atoms with van der Waals surface area (Å²) in [6, 6.07) is -0.169. The Balaban J connectivity index is 2.58. The van der Waals surface area contributed by atoms with Crippen molar-refractivity contribution in [3.63, 3.8) is 0 Å². The van der Waals surface area contributed by atoms with Crippen LogP contribution in [-0.4, -0.2) is 35.2 Å². The van der Waals surface area contributed by atoms with Crippen LogP contribution in [0.5, 0.6) is 0 Å². The Kier molecular flexibility index (Phi) is 4.11. The highest BCUT2D eigenvalue weighted by molar-refractivity contribution is 5.82. The predicted molar refractivity (Wildman–Crippen MR) is 59.5 cm³/mol. The third-order valence-electron chi connectivity index (χ3n) is 3.13. The summed E-state index contributed by atoms with van der Waals surface area (Å²) in [6.07, 6.45) is 2.46. The van der Waals surface area contributed by atoms with Crippen LogP contribution < -0.4 is 10.6 Å². The number of aliphatic hydroxyl groups excluding tert-OH is 1. The Hall–Kier alpha value is -0.610. The highest BCUT2D eigenvalue weighted by Crippen LogP contribution is 2.13. The van der Waals surface area contributed by atoms with E-state index < -0.39 is 11.6 Å². The predicted octanol–water partition coefficient (Wildman–Crippen LogP) is 0.404. The molecule has 0 aromatic rings. The zero-order valence-corrected chi connectivity index (χ0v) is 9.84. The van der Waals surface area contributed by atoms with Crippen LogP contribution in [0.25, 0.3) is 0 Å². The number of hydrogen-bond donors (Lipinski definition) is 3. The number of carbonyl (C=O) groups excluding carboxylic acids is 1. The van der Waals surface area contributed by atoms with E-state index in [1.54, 1.807) is 6.92 Å². The molecule has 4 heteroatoms. The van der Waals surface area contributed by atoms with Crippen LogP contribution in [0, 0.1) is 0 Å². The van der Waals surface area contributed by atoms with Gasteiger partial charge in [0.25, 0.3) is 0 Å². The molecule has 0 radical (unpaired) electrons. The Bertz CT molecular complexity index is 227. The molecule has 1 aliphatic heterocycles. The number of nitrogens with one attached hydrogen (secondary N) is 2. The quantitative estimate of drug-likeness (QED) is 0.637. The maximum absolute atomic E-state index is 11.7. The van der Waals surface area contributed by atoms with E-state index in [9.17, 15) is 9.90 Å². The van der Waals surface area contributed by atoms with Crippen molar-refractivity contribution in [2.24, 2.45) is 0 Å². The second-order valence-electron chi connectivity index (χ2n) is 4.88. The lowest BCUT2D eigenvalue weighted by molar-refractivity contribution is -0.123. The van der Waals surface area contributed by atoms with E-state index >= 15 is 0 Å². The first-order chi connectivity index (χ1) is 6.93. The minimum absolute atomic E-state index is 0.0567. The normalized spacial score (nSPS) is 25.6. The van der Waals surface area contributed by atoms with Crippen molar-refractivity contribution in [1.29, 1.82) is 0 Å². The molecular formula is C11H22N2O2. The molecule has 1 amide bonds. The molecule has 1 fully saturated rings. The lowest BCUT2D eigenvalue weighted by Gasteiger charge is -2.33. The Labute approximate surface area is 91.4 Å². The first-order valence-corrected chi connectivity index (χ1v) is 5.67. The highest BCUT2D eigenvalue weighted by atomic mass is 16.3. The lowest BCUT2D eigenvalue weighted by atomic mass is 9.96. The molecule has 1 saturated heterocycles. The first kappa shape index (κ1) is 12.5. The van der Waals surface area contributed by atoms with Gasteiger partial charge < -0.3 is 10.4 Å². The van der Waals surface area contributed by atoms with Gasteiger partial charge in [0.1, 0.15) is 0 Å². The second-order valence-corrected chi connectivity index (χ2v) is 4.88. The maximum atomic E-state index is 11.7. The van der Waals surface area contributed by atoms with Crippen LogP contribution >= 0.6 is 0 Å². The summed E-state index contributed by atoms with van der Waals surface area (Å²) in [5, 5.41) is 15.7.